The van der Waals surface area contributed by atoms with Gasteiger partial charge in [-0.05, 0) is 61.1 Å². The predicted molar refractivity (Wildman–Crippen MR) is 74.4 cm³/mol. The highest BCUT2D eigenvalue weighted by molar-refractivity contribution is 9.10. The third-order valence-corrected chi connectivity index (χ3v) is 5.98. The Labute approximate surface area is 116 Å². The van der Waals surface area contributed by atoms with Gasteiger partial charge in [-0.3, -0.25) is 4.79 Å². The van der Waals surface area contributed by atoms with Crippen LogP contribution >= 0.6 is 15.9 Å². The van der Waals surface area contributed by atoms with E-state index in [1.54, 1.807) is 0 Å². The van der Waals surface area contributed by atoms with Crippen LogP contribution < -0.4 is 0 Å². The molecule has 1 nitrogen and oxygen atoms in total. The Balaban J connectivity index is 1.76. The average Bonchev–Trinajstić information content (AvgIpc) is 2.35. The van der Waals surface area contributed by atoms with Crippen LogP contribution in [0.2, 0.25) is 0 Å². The van der Waals surface area contributed by atoms with Crippen LogP contribution in [0.3, 0.4) is 0 Å². The largest absolute Gasteiger partial charge is 0.299 e. The lowest BCUT2D eigenvalue weighted by Crippen LogP contribution is -2.53. The molecule has 4 saturated carbocycles. The molecule has 4 aliphatic rings. The van der Waals surface area contributed by atoms with Crippen LogP contribution in [0.15, 0.2) is 28.7 Å². The first-order chi connectivity index (χ1) is 8.66. The third kappa shape index (κ3) is 1.48. The van der Waals surface area contributed by atoms with E-state index in [0.717, 1.165) is 23.2 Å². The molecule has 0 aromatic heterocycles. The highest BCUT2D eigenvalue weighted by Crippen LogP contribution is 2.59. The van der Waals surface area contributed by atoms with E-state index in [-0.39, 0.29) is 0 Å². The molecule has 1 aromatic rings. The number of rotatable bonds is 1. The summed E-state index contributed by atoms with van der Waals surface area (Å²) in [7, 11) is 0. The molecule has 0 heterocycles. The number of hydrogen-bond donors (Lipinski definition) is 0. The highest BCUT2D eigenvalue weighted by atomic mass is 79.9. The van der Waals surface area contributed by atoms with Gasteiger partial charge in [0.25, 0.3) is 0 Å². The molecule has 1 aromatic carbocycles. The molecule has 0 radical (unpaired) electrons. The second-order valence-corrected chi connectivity index (χ2v) is 7.45. The highest BCUT2D eigenvalue weighted by Gasteiger charge is 2.55. The van der Waals surface area contributed by atoms with Gasteiger partial charge >= 0.3 is 0 Å². The van der Waals surface area contributed by atoms with Gasteiger partial charge in [-0.2, -0.15) is 0 Å². The summed E-state index contributed by atoms with van der Waals surface area (Å²) in [6.07, 6.45) is 5.89. The first-order valence-electron chi connectivity index (χ1n) is 6.96. The van der Waals surface area contributed by atoms with Gasteiger partial charge in [0.1, 0.15) is 5.78 Å². The minimum absolute atomic E-state index is 0.325. The van der Waals surface area contributed by atoms with Crippen LogP contribution in [0.1, 0.15) is 37.7 Å². The normalized spacial score (nSPS) is 41.4. The Morgan fingerprint density at radius 2 is 1.61 bits per heavy atom. The van der Waals surface area contributed by atoms with Crippen molar-refractivity contribution in [2.75, 3.05) is 0 Å². The van der Waals surface area contributed by atoms with Crippen LogP contribution in [0.5, 0.6) is 0 Å². The first-order valence-corrected chi connectivity index (χ1v) is 7.75. The van der Waals surface area contributed by atoms with Crippen LogP contribution in [0.4, 0.5) is 0 Å². The van der Waals surface area contributed by atoms with Gasteiger partial charge in [0.2, 0.25) is 0 Å². The second kappa shape index (κ2) is 3.69. The van der Waals surface area contributed by atoms with E-state index < -0.39 is 0 Å². The van der Waals surface area contributed by atoms with E-state index in [1.807, 2.05) is 0 Å². The zero-order chi connectivity index (χ0) is 12.3. The van der Waals surface area contributed by atoms with Crippen LogP contribution in [0.25, 0.3) is 0 Å². The Hall–Kier alpha value is -0.630. The zero-order valence-corrected chi connectivity index (χ0v) is 11.9. The summed E-state index contributed by atoms with van der Waals surface area (Å²) < 4.78 is 1.15. The Morgan fingerprint density at radius 1 is 1.00 bits per heavy atom. The number of Topliss-reactive ketones (excluding diaryl/α,β-unsaturated/α-hetero) is 1. The van der Waals surface area contributed by atoms with Gasteiger partial charge in [0.05, 0.1) is 0 Å². The quantitative estimate of drug-likeness (QED) is 0.763. The van der Waals surface area contributed by atoms with Gasteiger partial charge in [-0.1, -0.05) is 28.1 Å². The van der Waals surface area contributed by atoms with E-state index in [4.69, 9.17) is 0 Å². The van der Waals surface area contributed by atoms with Gasteiger partial charge in [0, 0.05) is 16.3 Å². The molecule has 4 aliphatic carbocycles. The molecular formula is C16H17BrO. The van der Waals surface area contributed by atoms with Gasteiger partial charge < -0.3 is 0 Å². The maximum absolute atomic E-state index is 12.2. The van der Waals surface area contributed by atoms with E-state index in [1.165, 1.54) is 24.8 Å². The molecule has 5 rings (SSSR count). The number of ketones is 1. The molecule has 4 bridgehead atoms. The standard InChI is InChI=1S/C16H17BrO/c17-14-3-1-13(2-4-14)16-7-10-5-11(8-16)15(18)12(6-10)9-16/h1-4,10-12H,5-9H2/t10?,11-,12+,16?. The number of hydrogen-bond acceptors (Lipinski definition) is 1. The van der Waals surface area contributed by atoms with Crippen LogP contribution in [0, 0.1) is 17.8 Å². The SMILES string of the molecule is O=C1[C@@H]2CC3C[C@H]1CC(c1ccc(Br)cc1)(C3)C2. The summed E-state index contributed by atoms with van der Waals surface area (Å²) in [5.41, 5.74) is 1.79. The van der Waals surface area contributed by atoms with Crippen molar-refractivity contribution in [2.45, 2.75) is 37.5 Å². The molecule has 2 heteroatoms. The molecule has 0 spiro atoms. The fourth-order valence-corrected chi connectivity index (χ4v) is 5.17. The fraction of sp³-hybridized carbons (Fsp3) is 0.562. The summed E-state index contributed by atoms with van der Waals surface area (Å²) in [4.78, 5) is 12.2. The second-order valence-electron chi connectivity index (χ2n) is 6.53. The van der Waals surface area contributed by atoms with Crippen molar-refractivity contribution in [3.8, 4) is 0 Å². The summed E-state index contributed by atoms with van der Waals surface area (Å²) in [5.74, 6) is 2.14. The van der Waals surface area contributed by atoms with E-state index >= 15 is 0 Å². The fourth-order valence-electron chi connectivity index (χ4n) is 4.90. The Morgan fingerprint density at radius 3 is 2.22 bits per heavy atom. The van der Waals surface area contributed by atoms with Crippen molar-refractivity contribution in [3.63, 3.8) is 0 Å². The lowest BCUT2D eigenvalue weighted by atomic mass is 9.47. The van der Waals surface area contributed by atoms with Crippen LogP contribution in [-0.2, 0) is 10.2 Å². The van der Waals surface area contributed by atoms with Crippen molar-refractivity contribution in [3.05, 3.63) is 34.3 Å². The smallest absolute Gasteiger partial charge is 0.139 e. The van der Waals surface area contributed by atoms with Crippen LogP contribution in [-0.4, -0.2) is 5.78 Å². The van der Waals surface area contributed by atoms with Crippen molar-refractivity contribution >= 4 is 21.7 Å². The van der Waals surface area contributed by atoms with Crippen molar-refractivity contribution in [1.29, 1.82) is 0 Å². The summed E-state index contributed by atoms with van der Waals surface area (Å²) >= 11 is 3.51. The number of carbonyl (C=O) groups excluding carboxylic acids is 1. The van der Waals surface area contributed by atoms with Gasteiger partial charge in [-0.25, -0.2) is 0 Å². The topological polar surface area (TPSA) is 17.1 Å². The van der Waals surface area contributed by atoms with Gasteiger partial charge in [-0.15, -0.1) is 0 Å². The maximum atomic E-state index is 12.2. The Kier molecular flexibility index (Phi) is 2.30. The molecule has 0 N–H and O–H groups in total. The van der Waals surface area contributed by atoms with E-state index in [0.29, 0.717) is 23.0 Å². The maximum Gasteiger partial charge on any atom is 0.139 e. The number of carbonyl (C=O) groups is 1. The summed E-state index contributed by atoms with van der Waals surface area (Å²) in [6.45, 7) is 0. The summed E-state index contributed by atoms with van der Waals surface area (Å²) in [6, 6.07) is 8.83. The molecule has 0 aliphatic heterocycles. The monoisotopic (exact) mass is 304 g/mol. The number of halogens is 1. The molecule has 4 fully saturated rings. The molecule has 2 unspecified atom stereocenters. The molecule has 0 amide bonds. The summed E-state index contributed by atoms with van der Waals surface area (Å²) in [5, 5.41) is 0. The van der Waals surface area contributed by atoms with E-state index in [9.17, 15) is 4.79 Å². The number of benzene rings is 1. The van der Waals surface area contributed by atoms with Crippen molar-refractivity contribution in [1.82, 2.24) is 0 Å². The molecule has 4 atom stereocenters. The van der Waals surface area contributed by atoms with Crippen molar-refractivity contribution < 1.29 is 4.79 Å². The lowest BCUT2D eigenvalue weighted by molar-refractivity contribution is -0.142. The van der Waals surface area contributed by atoms with Gasteiger partial charge in [0.15, 0.2) is 0 Å². The predicted octanol–water partition coefficient (Wildman–Crippen LogP) is 4.10. The van der Waals surface area contributed by atoms with Crippen molar-refractivity contribution in [2.24, 2.45) is 17.8 Å². The molecular weight excluding hydrogens is 288 g/mol. The molecule has 18 heavy (non-hydrogen) atoms. The molecule has 0 saturated heterocycles. The van der Waals surface area contributed by atoms with E-state index in [2.05, 4.69) is 40.2 Å². The minimum Gasteiger partial charge on any atom is -0.299 e. The average molecular weight is 305 g/mol. The Bertz CT molecular complexity index is 486. The lowest BCUT2D eigenvalue weighted by Gasteiger charge is -2.56. The minimum atomic E-state index is 0.325. The first kappa shape index (κ1) is 11.2. The third-order valence-electron chi connectivity index (χ3n) is 5.45. The molecule has 94 valence electrons. The zero-order valence-electron chi connectivity index (χ0n) is 10.4.